The third kappa shape index (κ3) is 5.54. The summed E-state index contributed by atoms with van der Waals surface area (Å²) in [6.07, 6.45) is 7.75. The van der Waals surface area contributed by atoms with Crippen LogP contribution in [0.3, 0.4) is 0 Å². The van der Waals surface area contributed by atoms with Crippen LogP contribution >= 0.6 is 11.6 Å². The van der Waals surface area contributed by atoms with Crippen LogP contribution in [0.5, 0.6) is 5.88 Å². The molecule has 0 amide bonds. The van der Waals surface area contributed by atoms with Crippen LogP contribution in [-0.4, -0.2) is 56.3 Å². The van der Waals surface area contributed by atoms with Crippen molar-refractivity contribution in [2.24, 2.45) is 0 Å². The van der Waals surface area contributed by atoms with Gasteiger partial charge in [0.25, 0.3) is 5.88 Å². The number of hydrogen-bond donors (Lipinski definition) is 0. The van der Waals surface area contributed by atoms with Crippen molar-refractivity contribution in [2.75, 3.05) is 19.7 Å². The number of imidazole rings is 1. The summed E-state index contributed by atoms with van der Waals surface area (Å²) in [7, 11) is 0. The Morgan fingerprint density at radius 2 is 1.94 bits per heavy atom. The van der Waals surface area contributed by atoms with Gasteiger partial charge in [-0.05, 0) is 37.0 Å². The number of benzene rings is 1. The maximum Gasteiger partial charge on any atom is 0.254 e. The Morgan fingerprint density at radius 1 is 1.12 bits per heavy atom. The Morgan fingerprint density at radius 3 is 2.68 bits per heavy atom. The molecule has 1 aromatic carbocycles. The quantitative estimate of drug-likeness (QED) is 0.476. The molecule has 2 aromatic heterocycles. The fraction of sp³-hybridized carbons (Fsp3) is 0.458. The van der Waals surface area contributed by atoms with Crippen LogP contribution in [0.4, 0.5) is 8.78 Å². The molecule has 0 unspecified atom stereocenters. The standard InChI is InChI=1S/C24H26ClF2N5O2/c25-17-2-1-16(20(26)12-17)11-22-29-13-21(27)24(30-22)34-18-3-7-31(8-4-18)15-23-28-6-9-32(23)14-19-5-10-33-19/h1-2,6,9,12-13,18-19H,3-5,7-8,10-11,14-15H2/t19-/m0/s1. The van der Waals surface area contributed by atoms with E-state index in [1.165, 1.54) is 6.07 Å². The highest BCUT2D eigenvalue weighted by atomic mass is 35.5. The number of hydrogen-bond acceptors (Lipinski definition) is 6. The molecule has 0 spiro atoms. The van der Waals surface area contributed by atoms with E-state index in [1.54, 1.807) is 12.1 Å². The maximum absolute atomic E-state index is 14.3. The number of ether oxygens (including phenoxy) is 2. The van der Waals surface area contributed by atoms with Crippen molar-refractivity contribution >= 4 is 11.6 Å². The number of likely N-dealkylation sites (tertiary alicyclic amines) is 1. The molecule has 0 saturated carbocycles. The lowest BCUT2D eigenvalue weighted by atomic mass is 10.1. The normalized spacial score (nSPS) is 19.2. The number of halogens is 3. The number of aromatic nitrogens is 4. The lowest BCUT2D eigenvalue weighted by Gasteiger charge is -2.32. The van der Waals surface area contributed by atoms with Crippen LogP contribution in [0.15, 0.2) is 36.8 Å². The van der Waals surface area contributed by atoms with Crippen LogP contribution in [0.1, 0.15) is 36.5 Å². The zero-order valence-corrected chi connectivity index (χ0v) is 19.4. The van der Waals surface area contributed by atoms with Crippen molar-refractivity contribution in [3.8, 4) is 5.88 Å². The van der Waals surface area contributed by atoms with Gasteiger partial charge in [-0.2, -0.15) is 9.37 Å². The largest absolute Gasteiger partial charge is 0.472 e. The molecular formula is C24H26ClF2N5O2. The maximum atomic E-state index is 14.3. The van der Waals surface area contributed by atoms with Gasteiger partial charge in [0, 0.05) is 43.5 Å². The van der Waals surface area contributed by atoms with Crippen LogP contribution in [0.2, 0.25) is 5.02 Å². The molecule has 1 atom stereocenters. The molecule has 2 saturated heterocycles. The molecule has 0 radical (unpaired) electrons. The fourth-order valence-electron chi connectivity index (χ4n) is 4.24. The van der Waals surface area contributed by atoms with E-state index in [0.717, 1.165) is 64.1 Å². The monoisotopic (exact) mass is 489 g/mol. The first-order chi connectivity index (χ1) is 16.5. The van der Waals surface area contributed by atoms with E-state index in [0.29, 0.717) is 10.6 Å². The Kier molecular flexibility index (Phi) is 7.03. The third-order valence-corrected chi connectivity index (χ3v) is 6.53. The highest BCUT2D eigenvalue weighted by molar-refractivity contribution is 6.30. The molecule has 4 heterocycles. The molecule has 0 N–H and O–H groups in total. The minimum absolute atomic E-state index is 0.0890. The molecule has 34 heavy (non-hydrogen) atoms. The second-order valence-electron chi connectivity index (χ2n) is 8.72. The summed E-state index contributed by atoms with van der Waals surface area (Å²) in [5.74, 6) is 0.154. The van der Waals surface area contributed by atoms with E-state index < -0.39 is 11.6 Å². The first kappa shape index (κ1) is 23.1. The molecule has 3 aromatic rings. The van der Waals surface area contributed by atoms with Gasteiger partial charge in [0.15, 0.2) is 0 Å². The minimum atomic E-state index is -0.622. The summed E-state index contributed by atoms with van der Waals surface area (Å²) in [6, 6.07) is 4.41. The van der Waals surface area contributed by atoms with Crippen LogP contribution in [-0.2, 0) is 24.2 Å². The number of nitrogens with zero attached hydrogens (tertiary/aromatic N) is 5. The van der Waals surface area contributed by atoms with E-state index in [4.69, 9.17) is 21.1 Å². The van der Waals surface area contributed by atoms with E-state index in [9.17, 15) is 8.78 Å². The summed E-state index contributed by atoms with van der Waals surface area (Å²) in [6.45, 7) is 4.06. The van der Waals surface area contributed by atoms with Gasteiger partial charge in [0.05, 0.1) is 25.4 Å². The Balaban J connectivity index is 1.16. The van der Waals surface area contributed by atoms with Gasteiger partial charge in [0.2, 0.25) is 5.82 Å². The Hall–Kier alpha value is -2.62. The molecule has 180 valence electrons. The first-order valence-corrected chi connectivity index (χ1v) is 11.9. The SMILES string of the molecule is Fc1cc(Cl)ccc1Cc1ncc(F)c(OC2CCN(Cc3nccn3C[C@@H]3CCO3)CC2)n1. The van der Waals surface area contributed by atoms with E-state index in [2.05, 4.69) is 24.4 Å². The number of rotatable bonds is 8. The lowest BCUT2D eigenvalue weighted by Crippen LogP contribution is -2.39. The lowest BCUT2D eigenvalue weighted by molar-refractivity contribution is -0.0598. The van der Waals surface area contributed by atoms with Gasteiger partial charge in [-0.1, -0.05) is 17.7 Å². The van der Waals surface area contributed by atoms with Crippen molar-refractivity contribution in [3.63, 3.8) is 0 Å². The van der Waals surface area contributed by atoms with Crippen LogP contribution < -0.4 is 4.74 Å². The predicted molar refractivity (Wildman–Crippen MR) is 122 cm³/mol. The molecule has 10 heteroatoms. The van der Waals surface area contributed by atoms with Crippen molar-refractivity contribution in [1.82, 2.24) is 24.4 Å². The summed E-state index contributed by atoms with van der Waals surface area (Å²) in [5, 5.41) is 0.313. The highest BCUT2D eigenvalue weighted by Crippen LogP contribution is 2.23. The van der Waals surface area contributed by atoms with Crippen molar-refractivity contribution in [2.45, 2.75) is 51.0 Å². The van der Waals surface area contributed by atoms with E-state index in [1.807, 2.05) is 12.4 Å². The van der Waals surface area contributed by atoms with E-state index >= 15 is 0 Å². The van der Waals surface area contributed by atoms with Crippen molar-refractivity contribution in [3.05, 3.63) is 70.7 Å². The average molecular weight is 490 g/mol. The Labute approximate surface area is 201 Å². The molecular weight excluding hydrogens is 464 g/mol. The van der Waals surface area contributed by atoms with Gasteiger partial charge >= 0.3 is 0 Å². The topological polar surface area (TPSA) is 65.3 Å². The second-order valence-corrected chi connectivity index (χ2v) is 9.16. The van der Waals surface area contributed by atoms with Crippen molar-refractivity contribution in [1.29, 1.82) is 0 Å². The molecule has 2 fully saturated rings. The minimum Gasteiger partial charge on any atom is -0.472 e. The van der Waals surface area contributed by atoms with Crippen LogP contribution in [0, 0.1) is 11.6 Å². The molecule has 0 aliphatic carbocycles. The van der Waals surface area contributed by atoms with Gasteiger partial charge < -0.3 is 14.0 Å². The molecule has 5 rings (SSSR count). The smallest absolute Gasteiger partial charge is 0.254 e. The molecule has 2 aliphatic heterocycles. The average Bonchev–Trinajstić information content (AvgIpc) is 3.23. The Bertz CT molecular complexity index is 1130. The van der Waals surface area contributed by atoms with Crippen LogP contribution in [0.25, 0.3) is 0 Å². The highest BCUT2D eigenvalue weighted by Gasteiger charge is 2.25. The zero-order chi connectivity index (χ0) is 23.5. The molecule has 7 nitrogen and oxygen atoms in total. The van der Waals surface area contributed by atoms with E-state index in [-0.39, 0.29) is 30.3 Å². The summed E-state index contributed by atoms with van der Waals surface area (Å²) in [4.78, 5) is 15.0. The number of piperidine rings is 1. The zero-order valence-electron chi connectivity index (χ0n) is 18.7. The van der Waals surface area contributed by atoms with Gasteiger partial charge in [-0.25, -0.2) is 14.4 Å². The van der Waals surface area contributed by atoms with Gasteiger partial charge in [0.1, 0.15) is 23.6 Å². The van der Waals surface area contributed by atoms with Crippen molar-refractivity contribution < 1.29 is 18.3 Å². The summed E-state index contributed by atoms with van der Waals surface area (Å²) in [5.41, 5.74) is 0.387. The first-order valence-electron chi connectivity index (χ1n) is 11.5. The fourth-order valence-corrected chi connectivity index (χ4v) is 4.40. The second kappa shape index (κ2) is 10.3. The molecule has 2 aliphatic rings. The van der Waals surface area contributed by atoms with Gasteiger partial charge in [-0.3, -0.25) is 4.90 Å². The third-order valence-electron chi connectivity index (χ3n) is 6.30. The van der Waals surface area contributed by atoms with Gasteiger partial charge in [-0.15, -0.1) is 0 Å². The predicted octanol–water partition coefficient (Wildman–Crippen LogP) is 4.03. The summed E-state index contributed by atoms with van der Waals surface area (Å²) < 4.78 is 42.0. The molecule has 0 bridgehead atoms. The summed E-state index contributed by atoms with van der Waals surface area (Å²) >= 11 is 5.81.